The number of benzene rings is 1. The lowest BCUT2D eigenvalue weighted by Crippen LogP contribution is -1.99. The first kappa shape index (κ1) is 11.7. The molecule has 0 bridgehead atoms. The second-order valence-corrected chi connectivity index (χ2v) is 5.70. The van der Waals surface area contributed by atoms with Gasteiger partial charge >= 0.3 is 0 Å². The van der Waals surface area contributed by atoms with Gasteiger partial charge in [0.05, 0.1) is 17.6 Å². The molecule has 0 spiro atoms. The molecular formula is C14H14N2S2. The number of fused-ring (bicyclic) bond motifs is 1. The van der Waals surface area contributed by atoms with Crippen molar-refractivity contribution < 1.29 is 0 Å². The average molecular weight is 274 g/mol. The summed E-state index contributed by atoms with van der Waals surface area (Å²) in [6.45, 7) is 5.10. The summed E-state index contributed by atoms with van der Waals surface area (Å²) in [4.78, 5) is 3.31. The highest BCUT2D eigenvalue weighted by Gasteiger charge is 2.08. The van der Waals surface area contributed by atoms with Crippen LogP contribution in [-0.4, -0.2) is 9.55 Å². The number of para-hydroxylation sites is 1. The van der Waals surface area contributed by atoms with Gasteiger partial charge in [0.15, 0.2) is 4.77 Å². The van der Waals surface area contributed by atoms with Crippen LogP contribution in [-0.2, 0) is 6.54 Å². The van der Waals surface area contributed by atoms with Crippen molar-refractivity contribution in [3.63, 3.8) is 0 Å². The van der Waals surface area contributed by atoms with E-state index >= 15 is 0 Å². The van der Waals surface area contributed by atoms with Gasteiger partial charge in [0.2, 0.25) is 0 Å². The number of rotatable bonds is 2. The predicted octanol–water partition coefficient (Wildman–Crippen LogP) is 4.43. The predicted molar refractivity (Wildman–Crippen MR) is 80.0 cm³/mol. The second-order valence-electron chi connectivity index (χ2n) is 4.57. The highest BCUT2D eigenvalue weighted by molar-refractivity contribution is 7.71. The first-order valence-electron chi connectivity index (χ1n) is 5.86. The van der Waals surface area contributed by atoms with E-state index in [2.05, 4.69) is 52.4 Å². The molecule has 0 fully saturated rings. The zero-order chi connectivity index (χ0) is 12.7. The molecule has 2 nitrogen and oxygen atoms in total. The molecule has 0 saturated heterocycles. The van der Waals surface area contributed by atoms with Gasteiger partial charge in [0, 0.05) is 0 Å². The lowest BCUT2D eigenvalue weighted by Gasteiger charge is -2.04. The third-order valence-corrected chi connectivity index (χ3v) is 4.54. The van der Waals surface area contributed by atoms with Crippen LogP contribution in [0.2, 0.25) is 0 Å². The van der Waals surface area contributed by atoms with E-state index in [-0.39, 0.29) is 0 Å². The molecule has 2 heterocycles. The Morgan fingerprint density at radius 3 is 2.78 bits per heavy atom. The molecule has 0 saturated carbocycles. The molecule has 0 aliphatic heterocycles. The molecule has 4 heteroatoms. The van der Waals surface area contributed by atoms with Gasteiger partial charge in [-0.2, -0.15) is 11.3 Å². The van der Waals surface area contributed by atoms with Crippen LogP contribution in [0.3, 0.4) is 0 Å². The minimum Gasteiger partial charge on any atom is -0.330 e. The van der Waals surface area contributed by atoms with Crippen molar-refractivity contribution >= 4 is 34.6 Å². The summed E-state index contributed by atoms with van der Waals surface area (Å²) in [5, 5.41) is 4.38. The third-order valence-electron chi connectivity index (χ3n) is 3.31. The molecule has 0 amide bonds. The molecule has 3 aromatic rings. The Kier molecular flexibility index (Phi) is 2.84. The number of thiophene rings is 1. The summed E-state index contributed by atoms with van der Waals surface area (Å²) >= 11 is 7.18. The molecule has 0 aliphatic carbocycles. The number of aryl methyl sites for hydroxylation is 2. The number of nitrogens with one attached hydrogen (secondary N) is 1. The van der Waals surface area contributed by atoms with Gasteiger partial charge in [0.1, 0.15) is 0 Å². The van der Waals surface area contributed by atoms with Crippen LogP contribution in [0.1, 0.15) is 16.7 Å². The lowest BCUT2D eigenvalue weighted by atomic mass is 10.2. The molecule has 0 aliphatic rings. The summed E-state index contributed by atoms with van der Waals surface area (Å²) < 4.78 is 2.97. The minimum atomic E-state index is 0.796. The Bertz CT molecular complexity index is 762. The van der Waals surface area contributed by atoms with E-state index in [0.29, 0.717) is 0 Å². The van der Waals surface area contributed by atoms with Crippen LogP contribution in [0.25, 0.3) is 11.0 Å². The standard InChI is InChI=1S/C14H14N2S2/c1-9-4-3-5-12-13(9)15-14(17)16(12)6-11-8-18-7-10(11)2/h3-5,7-8H,6H2,1-2H3,(H,15,17). The van der Waals surface area contributed by atoms with E-state index in [4.69, 9.17) is 12.2 Å². The number of hydrogen-bond donors (Lipinski definition) is 1. The van der Waals surface area contributed by atoms with Crippen LogP contribution < -0.4 is 0 Å². The molecular weight excluding hydrogens is 260 g/mol. The van der Waals surface area contributed by atoms with Gasteiger partial charge in [-0.1, -0.05) is 12.1 Å². The summed E-state index contributed by atoms with van der Waals surface area (Å²) in [6, 6.07) is 6.31. The number of aromatic nitrogens is 2. The maximum Gasteiger partial charge on any atom is 0.178 e. The Hall–Kier alpha value is -1.39. The summed E-state index contributed by atoms with van der Waals surface area (Å²) in [7, 11) is 0. The number of hydrogen-bond acceptors (Lipinski definition) is 2. The zero-order valence-electron chi connectivity index (χ0n) is 10.4. The van der Waals surface area contributed by atoms with E-state index in [0.717, 1.165) is 16.8 Å². The SMILES string of the molecule is Cc1cscc1Cn1c(=S)[nH]c2c(C)cccc21. The van der Waals surface area contributed by atoms with Crippen molar-refractivity contribution in [2.24, 2.45) is 0 Å². The van der Waals surface area contributed by atoms with Crippen molar-refractivity contribution in [3.05, 3.63) is 50.4 Å². The summed E-state index contributed by atoms with van der Waals surface area (Å²) in [5.74, 6) is 0. The van der Waals surface area contributed by atoms with Gasteiger partial charge < -0.3 is 9.55 Å². The quantitative estimate of drug-likeness (QED) is 0.686. The Morgan fingerprint density at radius 1 is 1.22 bits per heavy atom. The van der Waals surface area contributed by atoms with Crippen molar-refractivity contribution in [1.82, 2.24) is 9.55 Å². The van der Waals surface area contributed by atoms with Crippen LogP contribution in [0, 0.1) is 18.6 Å². The average Bonchev–Trinajstić information content (AvgIpc) is 2.87. The molecule has 0 radical (unpaired) electrons. The van der Waals surface area contributed by atoms with Gasteiger partial charge in [0.25, 0.3) is 0 Å². The monoisotopic (exact) mass is 274 g/mol. The van der Waals surface area contributed by atoms with Gasteiger partial charge in [-0.25, -0.2) is 0 Å². The largest absolute Gasteiger partial charge is 0.330 e. The van der Waals surface area contributed by atoms with E-state index in [1.807, 2.05) is 0 Å². The fourth-order valence-electron chi connectivity index (χ4n) is 2.20. The zero-order valence-corrected chi connectivity index (χ0v) is 12.0. The molecule has 0 atom stereocenters. The topological polar surface area (TPSA) is 20.7 Å². The highest BCUT2D eigenvalue weighted by atomic mass is 32.1. The smallest absolute Gasteiger partial charge is 0.178 e. The molecule has 1 aromatic carbocycles. The fraction of sp³-hybridized carbons (Fsp3) is 0.214. The van der Waals surface area contributed by atoms with Crippen molar-refractivity contribution in [2.45, 2.75) is 20.4 Å². The normalized spacial score (nSPS) is 11.2. The van der Waals surface area contributed by atoms with Gasteiger partial charge in [-0.15, -0.1) is 0 Å². The van der Waals surface area contributed by atoms with Crippen molar-refractivity contribution in [1.29, 1.82) is 0 Å². The van der Waals surface area contributed by atoms with Crippen molar-refractivity contribution in [2.75, 3.05) is 0 Å². The highest BCUT2D eigenvalue weighted by Crippen LogP contribution is 2.21. The van der Waals surface area contributed by atoms with E-state index in [1.165, 1.54) is 22.2 Å². The number of nitrogens with zero attached hydrogens (tertiary/aromatic N) is 1. The maximum absolute atomic E-state index is 5.44. The van der Waals surface area contributed by atoms with E-state index in [9.17, 15) is 0 Å². The van der Waals surface area contributed by atoms with Crippen molar-refractivity contribution in [3.8, 4) is 0 Å². The Labute approximate surface area is 115 Å². The van der Waals surface area contributed by atoms with Crippen LogP contribution in [0.4, 0.5) is 0 Å². The number of aromatic amines is 1. The molecule has 92 valence electrons. The first-order chi connectivity index (χ1) is 8.66. The van der Waals surface area contributed by atoms with Crippen LogP contribution in [0.15, 0.2) is 29.0 Å². The Balaban J connectivity index is 2.18. The van der Waals surface area contributed by atoms with Gasteiger partial charge in [-0.3, -0.25) is 0 Å². The molecule has 3 rings (SSSR count). The summed E-state index contributed by atoms with van der Waals surface area (Å²) in [5.41, 5.74) is 6.25. The number of H-pyrrole nitrogens is 1. The fourth-order valence-corrected chi connectivity index (χ4v) is 3.31. The minimum absolute atomic E-state index is 0.796. The molecule has 2 aromatic heterocycles. The second kappa shape index (κ2) is 4.37. The molecule has 1 N–H and O–H groups in total. The first-order valence-corrected chi connectivity index (χ1v) is 7.21. The van der Waals surface area contributed by atoms with Crippen LogP contribution in [0.5, 0.6) is 0 Å². The lowest BCUT2D eigenvalue weighted by molar-refractivity contribution is 0.808. The molecule has 0 unspecified atom stereocenters. The van der Waals surface area contributed by atoms with Gasteiger partial charge in [-0.05, 0) is 59.6 Å². The molecule has 18 heavy (non-hydrogen) atoms. The number of imidazole rings is 1. The Morgan fingerprint density at radius 2 is 2.06 bits per heavy atom. The third kappa shape index (κ3) is 1.82. The van der Waals surface area contributed by atoms with E-state index in [1.54, 1.807) is 11.3 Å². The van der Waals surface area contributed by atoms with Crippen LogP contribution >= 0.6 is 23.6 Å². The summed E-state index contributed by atoms with van der Waals surface area (Å²) in [6.07, 6.45) is 0. The maximum atomic E-state index is 5.44. The van der Waals surface area contributed by atoms with E-state index < -0.39 is 0 Å².